The molecule has 2 aromatic rings. The van der Waals surface area contributed by atoms with Gasteiger partial charge in [0, 0.05) is 0 Å². The molecule has 2 rings (SSSR count). The third-order valence-corrected chi connectivity index (χ3v) is 2.50. The first kappa shape index (κ1) is 9.10. The van der Waals surface area contributed by atoms with Gasteiger partial charge in [-0.1, -0.05) is 0 Å². The Hall–Kier alpha value is -1.47. The van der Waals surface area contributed by atoms with E-state index in [2.05, 4.69) is 16.0 Å². The summed E-state index contributed by atoms with van der Waals surface area (Å²) < 4.78 is 0. The fourth-order valence-corrected chi connectivity index (χ4v) is 1.75. The lowest BCUT2D eigenvalue weighted by atomic mass is 10.2. The summed E-state index contributed by atoms with van der Waals surface area (Å²) in [5.41, 5.74) is 2.53. The van der Waals surface area contributed by atoms with Gasteiger partial charge in [0.25, 0.3) is 0 Å². The lowest BCUT2D eigenvalue weighted by molar-refractivity contribution is 1.14. The fourth-order valence-electron chi connectivity index (χ4n) is 1.34. The number of benzene rings is 1. The lowest BCUT2D eigenvalue weighted by Crippen LogP contribution is -1.80. The Morgan fingerprint density at radius 1 is 1.57 bits per heavy atom. The molecule has 1 aromatic carbocycles. The van der Waals surface area contributed by atoms with Crippen molar-refractivity contribution in [2.75, 3.05) is 6.26 Å². The van der Waals surface area contributed by atoms with Gasteiger partial charge in [-0.05, 0) is 24.5 Å². The zero-order chi connectivity index (χ0) is 9.97. The van der Waals surface area contributed by atoms with Gasteiger partial charge in [0.15, 0.2) is 0 Å². The molecule has 0 saturated carbocycles. The molecular formula is C10H9N3S. The summed E-state index contributed by atoms with van der Waals surface area (Å²) in [5, 5.41) is 8.72. The number of hydrogen-bond acceptors (Lipinski definition) is 3. The van der Waals surface area contributed by atoms with Crippen LogP contribution in [0.1, 0.15) is 11.4 Å². The van der Waals surface area contributed by atoms with E-state index < -0.39 is 0 Å². The molecule has 1 N–H and O–H groups in total. The molecule has 0 unspecified atom stereocenters. The third-order valence-electron chi connectivity index (χ3n) is 1.94. The van der Waals surface area contributed by atoms with Crippen LogP contribution in [0.2, 0.25) is 0 Å². The van der Waals surface area contributed by atoms with Gasteiger partial charge >= 0.3 is 0 Å². The Labute approximate surface area is 86.2 Å². The van der Waals surface area contributed by atoms with E-state index in [-0.39, 0.29) is 0 Å². The predicted molar refractivity (Wildman–Crippen MR) is 58.0 cm³/mol. The van der Waals surface area contributed by atoms with Crippen molar-refractivity contribution in [1.29, 1.82) is 5.26 Å². The quantitative estimate of drug-likeness (QED) is 0.814. The summed E-state index contributed by atoms with van der Waals surface area (Å²) in [4.78, 5) is 7.58. The van der Waals surface area contributed by atoms with E-state index in [9.17, 15) is 0 Å². The summed E-state index contributed by atoms with van der Waals surface area (Å²) in [6.45, 7) is 0. The van der Waals surface area contributed by atoms with Crippen LogP contribution in [-0.2, 0) is 5.75 Å². The van der Waals surface area contributed by atoms with Crippen molar-refractivity contribution in [2.45, 2.75) is 5.75 Å². The molecule has 0 amide bonds. The normalized spacial score (nSPS) is 10.3. The highest BCUT2D eigenvalue weighted by Gasteiger charge is 2.02. The van der Waals surface area contributed by atoms with Crippen molar-refractivity contribution < 1.29 is 0 Å². The van der Waals surface area contributed by atoms with E-state index in [4.69, 9.17) is 5.26 Å². The molecule has 0 bridgehead atoms. The Bertz CT molecular complexity index is 496. The van der Waals surface area contributed by atoms with Crippen LogP contribution < -0.4 is 0 Å². The van der Waals surface area contributed by atoms with Crippen LogP contribution in [-0.4, -0.2) is 16.2 Å². The van der Waals surface area contributed by atoms with Gasteiger partial charge in [0.1, 0.15) is 5.82 Å². The van der Waals surface area contributed by atoms with Crippen molar-refractivity contribution in [3.8, 4) is 6.07 Å². The van der Waals surface area contributed by atoms with Crippen molar-refractivity contribution >= 4 is 22.8 Å². The summed E-state index contributed by atoms with van der Waals surface area (Å²) in [5.74, 6) is 1.83. The first-order valence-corrected chi connectivity index (χ1v) is 5.60. The van der Waals surface area contributed by atoms with Crippen molar-refractivity contribution in [3.05, 3.63) is 29.6 Å². The van der Waals surface area contributed by atoms with Crippen LogP contribution >= 0.6 is 11.8 Å². The largest absolute Gasteiger partial charge is 0.341 e. The number of rotatable bonds is 2. The Morgan fingerprint density at radius 2 is 2.43 bits per heavy atom. The lowest BCUT2D eigenvalue weighted by Gasteiger charge is -1.88. The Balaban J connectivity index is 2.50. The molecule has 14 heavy (non-hydrogen) atoms. The smallest absolute Gasteiger partial charge is 0.117 e. The van der Waals surface area contributed by atoms with E-state index in [1.54, 1.807) is 17.8 Å². The second-order valence-electron chi connectivity index (χ2n) is 2.96. The van der Waals surface area contributed by atoms with Gasteiger partial charge in [0.2, 0.25) is 0 Å². The molecular weight excluding hydrogens is 194 g/mol. The zero-order valence-electron chi connectivity index (χ0n) is 7.74. The molecule has 70 valence electrons. The van der Waals surface area contributed by atoms with Crippen molar-refractivity contribution in [1.82, 2.24) is 9.97 Å². The van der Waals surface area contributed by atoms with E-state index in [1.807, 2.05) is 18.4 Å². The molecule has 4 heteroatoms. The molecule has 0 aliphatic heterocycles. The molecule has 0 radical (unpaired) electrons. The highest BCUT2D eigenvalue weighted by atomic mass is 32.2. The van der Waals surface area contributed by atoms with Gasteiger partial charge in [-0.2, -0.15) is 17.0 Å². The molecule has 0 aliphatic rings. The number of nitrogens with zero attached hydrogens (tertiary/aromatic N) is 2. The van der Waals surface area contributed by atoms with Crippen molar-refractivity contribution in [2.24, 2.45) is 0 Å². The number of thioether (sulfide) groups is 1. The van der Waals surface area contributed by atoms with Crippen LogP contribution in [0.25, 0.3) is 11.0 Å². The first-order valence-electron chi connectivity index (χ1n) is 4.21. The number of imidazole rings is 1. The second-order valence-corrected chi connectivity index (χ2v) is 3.83. The summed E-state index contributed by atoms with van der Waals surface area (Å²) >= 11 is 1.72. The third kappa shape index (κ3) is 1.59. The molecule has 3 nitrogen and oxygen atoms in total. The summed E-state index contributed by atoms with van der Waals surface area (Å²) in [6.07, 6.45) is 2.04. The van der Waals surface area contributed by atoms with Crippen molar-refractivity contribution in [3.63, 3.8) is 0 Å². The molecule has 1 aromatic heterocycles. The highest BCUT2D eigenvalue weighted by molar-refractivity contribution is 7.97. The molecule has 0 aliphatic carbocycles. The van der Waals surface area contributed by atoms with Gasteiger partial charge in [-0.3, -0.25) is 0 Å². The van der Waals surface area contributed by atoms with Gasteiger partial charge in [-0.15, -0.1) is 0 Å². The van der Waals surface area contributed by atoms with E-state index in [0.717, 1.165) is 22.6 Å². The van der Waals surface area contributed by atoms with E-state index >= 15 is 0 Å². The topological polar surface area (TPSA) is 52.5 Å². The second kappa shape index (κ2) is 3.72. The highest BCUT2D eigenvalue weighted by Crippen LogP contribution is 2.15. The van der Waals surface area contributed by atoms with Gasteiger partial charge in [0.05, 0.1) is 28.4 Å². The number of nitriles is 1. The molecule has 1 heterocycles. The standard InChI is InChI=1S/C10H9N3S/c1-14-6-10-12-8-3-2-7(5-11)4-9(8)13-10/h2-4H,6H2,1H3,(H,12,13). The molecule has 0 fully saturated rings. The average molecular weight is 203 g/mol. The molecule has 0 saturated heterocycles. The van der Waals surface area contributed by atoms with E-state index in [1.165, 1.54) is 0 Å². The van der Waals surface area contributed by atoms with E-state index in [0.29, 0.717) is 5.56 Å². The Kier molecular flexibility index (Phi) is 2.42. The zero-order valence-corrected chi connectivity index (χ0v) is 8.56. The maximum Gasteiger partial charge on any atom is 0.117 e. The van der Waals surface area contributed by atoms with Crippen LogP contribution in [0.4, 0.5) is 0 Å². The maximum atomic E-state index is 8.72. The number of H-pyrrole nitrogens is 1. The monoisotopic (exact) mass is 203 g/mol. The number of aromatic amines is 1. The predicted octanol–water partition coefficient (Wildman–Crippen LogP) is 2.30. The van der Waals surface area contributed by atoms with Crippen LogP contribution in [0.5, 0.6) is 0 Å². The van der Waals surface area contributed by atoms with Crippen LogP contribution in [0.15, 0.2) is 18.2 Å². The summed E-state index contributed by atoms with van der Waals surface area (Å²) in [7, 11) is 0. The first-order chi connectivity index (χ1) is 6.83. The Morgan fingerprint density at radius 3 is 3.14 bits per heavy atom. The fraction of sp³-hybridized carbons (Fsp3) is 0.200. The number of hydrogen-bond donors (Lipinski definition) is 1. The average Bonchev–Trinajstić information content (AvgIpc) is 2.59. The minimum atomic E-state index is 0.664. The number of fused-ring (bicyclic) bond motifs is 1. The molecule has 0 atom stereocenters. The number of nitrogens with one attached hydrogen (secondary N) is 1. The minimum Gasteiger partial charge on any atom is -0.341 e. The molecule has 0 spiro atoms. The maximum absolute atomic E-state index is 8.72. The van der Waals surface area contributed by atoms with Crippen LogP contribution in [0.3, 0.4) is 0 Å². The van der Waals surface area contributed by atoms with Crippen LogP contribution in [0, 0.1) is 11.3 Å². The minimum absolute atomic E-state index is 0.664. The SMILES string of the molecule is CSCc1nc2ccc(C#N)cc2[nH]1. The number of aromatic nitrogens is 2. The van der Waals surface area contributed by atoms with Gasteiger partial charge < -0.3 is 4.98 Å². The van der Waals surface area contributed by atoms with Gasteiger partial charge in [-0.25, -0.2) is 4.98 Å². The summed E-state index contributed by atoms with van der Waals surface area (Å²) in [6, 6.07) is 7.59.